The largest absolute Gasteiger partial charge is 0.504 e. The summed E-state index contributed by atoms with van der Waals surface area (Å²) < 4.78 is 5.24. The van der Waals surface area contributed by atoms with Crippen molar-refractivity contribution in [3.63, 3.8) is 0 Å². The van der Waals surface area contributed by atoms with Crippen LogP contribution in [0.5, 0.6) is 11.5 Å². The molecule has 2 aliphatic rings. The number of hydrogen-bond acceptors (Lipinski definition) is 4. The number of likely N-dealkylation sites (N-methyl/N-ethyl adjacent to an activating group) is 1. The highest BCUT2D eigenvalue weighted by atomic mass is 16.5. The highest BCUT2D eigenvalue weighted by molar-refractivity contribution is 5.49. The number of phenols is 1. The molecule has 4 heteroatoms. The van der Waals surface area contributed by atoms with E-state index in [0.717, 1.165) is 31.4 Å². The molecule has 0 radical (unpaired) electrons. The summed E-state index contributed by atoms with van der Waals surface area (Å²) in [6, 6.07) is 5.60. The molecule has 0 aromatic heterocycles. The highest BCUT2D eigenvalue weighted by Crippen LogP contribution is 2.49. The minimum atomic E-state index is -0.349. The van der Waals surface area contributed by atoms with Gasteiger partial charge in [-0.05, 0) is 43.0 Å². The van der Waals surface area contributed by atoms with E-state index in [1.807, 2.05) is 18.2 Å². The predicted octanol–water partition coefficient (Wildman–Crippen LogP) is 2.01. The van der Waals surface area contributed by atoms with Crippen molar-refractivity contribution in [3.05, 3.63) is 35.5 Å². The van der Waals surface area contributed by atoms with Crippen LogP contribution in [0.1, 0.15) is 24.8 Å². The van der Waals surface area contributed by atoms with Crippen LogP contribution in [0.2, 0.25) is 0 Å². The second kappa shape index (κ2) is 4.70. The number of methoxy groups -OCH3 is 1. The van der Waals surface area contributed by atoms with E-state index in [-0.39, 0.29) is 17.3 Å². The van der Waals surface area contributed by atoms with Crippen LogP contribution >= 0.6 is 0 Å². The maximum atomic E-state index is 9.91. The Kier molecular flexibility index (Phi) is 3.13. The van der Waals surface area contributed by atoms with Crippen molar-refractivity contribution in [2.24, 2.45) is 0 Å². The lowest BCUT2D eigenvalue weighted by molar-refractivity contribution is 0.181. The van der Waals surface area contributed by atoms with Gasteiger partial charge in [0.05, 0.1) is 13.2 Å². The molecule has 0 spiro atoms. The van der Waals surface area contributed by atoms with Gasteiger partial charge in [-0.1, -0.05) is 6.07 Å². The Balaban J connectivity index is 2.09. The Morgan fingerprint density at radius 3 is 2.90 bits per heavy atom. The summed E-state index contributed by atoms with van der Waals surface area (Å²) in [5.74, 6) is 0.678. The van der Waals surface area contributed by atoms with E-state index in [4.69, 9.17) is 4.74 Å². The van der Waals surface area contributed by atoms with Crippen molar-refractivity contribution < 1.29 is 14.9 Å². The third-order valence-corrected chi connectivity index (χ3v) is 4.72. The van der Waals surface area contributed by atoms with Crippen LogP contribution in [0.4, 0.5) is 0 Å². The smallest absolute Gasteiger partial charge is 0.160 e. The summed E-state index contributed by atoms with van der Waals surface area (Å²) in [5.41, 5.74) is 2.31. The number of aromatic hydroxyl groups is 1. The molecule has 20 heavy (non-hydrogen) atoms. The van der Waals surface area contributed by atoms with E-state index >= 15 is 0 Å². The number of rotatable bonds is 2. The molecule has 2 N–H and O–H groups in total. The zero-order valence-electron chi connectivity index (χ0n) is 12.0. The number of aliphatic hydroxyl groups is 1. The molecule has 4 nitrogen and oxygen atoms in total. The first-order chi connectivity index (χ1) is 9.56. The average molecular weight is 275 g/mol. The Labute approximate surface area is 119 Å². The molecule has 1 aromatic rings. The molecule has 2 atom stereocenters. The first kappa shape index (κ1) is 13.3. The number of likely N-dealkylation sites (tertiary alicyclic amines) is 1. The van der Waals surface area contributed by atoms with Crippen LogP contribution in [0.25, 0.3) is 0 Å². The molecular formula is C16H21NO3. The van der Waals surface area contributed by atoms with Crippen LogP contribution in [-0.4, -0.2) is 41.9 Å². The third kappa shape index (κ3) is 1.86. The van der Waals surface area contributed by atoms with Gasteiger partial charge in [0.15, 0.2) is 11.5 Å². The first-order valence-electron chi connectivity index (χ1n) is 7.06. The van der Waals surface area contributed by atoms with Gasteiger partial charge in [-0.3, -0.25) is 0 Å². The second-order valence-corrected chi connectivity index (χ2v) is 5.80. The fraction of sp³-hybridized carbons (Fsp3) is 0.500. The summed E-state index contributed by atoms with van der Waals surface area (Å²) in [5, 5.41) is 19.7. The lowest BCUT2D eigenvalue weighted by Crippen LogP contribution is -2.33. The second-order valence-electron chi connectivity index (χ2n) is 5.80. The van der Waals surface area contributed by atoms with E-state index < -0.39 is 0 Å². The summed E-state index contributed by atoms with van der Waals surface area (Å²) in [4.78, 5) is 2.22. The van der Waals surface area contributed by atoms with Crippen LogP contribution in [0.15, 0.2) is 30.0 Å². The van der Waals surface area contributed by atoms with Crippen molar-refractivity contribution in [1.29, 1.82) is 0 Å². The normalized spacial score (nSPS) is 29.1. The van der Waals surface area contributed by atoms with E-state index in [0.29, 0.717) is 5.75 Å². The minimum Gasteiger partial charge on any atom is -0.504 e. The van der Waals surface area contributed by atoms with Crippen molar-refractivity contribution >= 4 is 0 Å². The average Bonchev–Trinajstić information content (AvgIpc) is 2.78. The molecule has 1 aromatic carbocycles. The number of hydrogen-bond donors (Lipinski definition) is 2. The van der Waals surface area contributed by atoms with Crippen molar-refractivity contribution in [2.45, 2.75) is 30.8 Å². The van der Waals surface area contributed by atoms with E-state index in [2.05, 4.69) is 11.9 Å². The number of aliphatic hydroxyl groups excluding tert-OH is 1. The molecule has 1 aliphatic carbocycles. The van der Waals surface area contributed by atoms with Gasteiger partial charge in [0.2, 0.25) is 0 Å². The van der Waals surface area contributed by atoms with Crippen LogP contribution < -0.4 is 4.74 Å². The summed E-state index contributed by atoms with van der Waals surface area (Å²) in [6.07, 6.45) is 4.38. The SMILES string of the molecule is COc1cc([C@@]23CC[C@H](O)C=C2N(C)CC3)ccc1O. The number of allylic oxidation sites excluding steroid dienone is 1. The summed E-state index contributed by atoms with van der Waals surface area (Å²) >= 11 is 0. The Bertz CT molecular complexity index is 555. The molecule has 0 amide bonds. The van der Waals surface area contributed by atoms with E-state index in [9.17, 15) is 10.2 Å². The van der Waals surface area contributed by atoms with Gasteiger partial charge in [0.25, 0.3) is 0 Å². The van der Waals surface area contributed by atoms with Crippen molar-refractivity contribution in [1.82, 2.24) is 4.90 Å². The Morgan fingerprint density at radius 2 is 2.15 bits per heavy atom. The van der Waals surface area contributed by atoms with Crippen LogP contribution in [-0.2, 0) is 5.41 Å². The number of phenolic OH excluding ortho intramolecular Hbond substituents is 1. The lowest BCUT2D eigenvalue weighted by Gasteiger charge is -2.37. The lowest BCUT2D eigenvalue weighted by atomic mass is 9.70. The molecule has 0 saturated carbocycles. The minimum absolute atomic E-state index is 0.0467. The number of nitrogens with zero attached hydrogens (tertiary/aromatic N) is 1. The highest BCUT2D eigenvalue weighted by Gasteiger charge is 2.45. The Morgan fingerprint density at radius 1 is 1.35 bits per heavy atom. The van der Waals surface area contributed by atoms with Gasteiger partial charge in [-0.15, -0.1) is 0 Å². The van der Waals surface area contributed by atoms with E-state index in [1.165, 1.54) is 5.70 Å². The fourth-order valence-corrected chi connectivity index (χ4v) is 3.58. The van der Waals surface area contributed by atoms with Gasteiger partial charge < -0.3 is 19.8 Å². The molecule has 0 bridgehead atoms. The number of ether oxygens (including phenoxy) is 1. The Hall–Kier alpha value is -1.68. The van der Waals surface area contributed by atoms with Gasteiger partial charge in [0.1, 0.15) is 0 Å². The number of benzene rings is 1. The molecule has 108 valence electrons. The molecule has 1 aliphatic heterocycles. The number of fused-ring (bicyclic) bond motifs is 1. The predicted molar refractivity (Wildman–Crippen MR) is 76.9 cm³/mol. The molecule has 1 fully saturated rings. The molecule has 1 heterocycles. The maximum Gasteiger partial charge on any atom is 0.160 e. The first-order valence-corrected chi connectivity index (χ1v) is 7.06. The maximum absolute atomic E-state index is 9.91. The molecular weight excluding hydrogens is 254 g/mol. The van der Waals surface area contributed by atoms with Gasteiger partial charge in [-0.25, -0.2) is 0 Å². The van der Waals surface area contributed by atoms with Crippen molar-refractivity contribution in [3.8, 4) is 11.5 Å². The quantitative estimate of drug-likeness (QED) is 0.867. The van der Waals surface area contributed by atoms with E-state index in [1.54, 1.807) is 13.2 Å². The molecule has 3 rings (SSSR count). The van der Waals surface area contributed by atoms with Crippen LogP contribution in [0, 0.1) is 0 Å². The molecule has 1 saturated heterocycles. The fourth-order valence-electron chi connectivity index (χ4n) is 3.58. The summed E-state index contributed by atoms with van der Waals surface area (Å²) in [6.45, 7) is 0.988. The standard InChI is InChI=1S/C16H21NO3/c1-17-8-7-16(6-5-12(18)10-15(16)17)11-3-4-13(19)14(9-11)20-2/h3-4,9-10,12,18-19H,5-8H2,1-2H3/t12-,16-/m0/s1. The topological polar surface area (TPSA) is 52.9 Å². The van der Waals surface area contributed by atoms with Crippen molar-refractivity contribution in [2.75, 3.05) is 20.7 Å². The monoisotopic (exact) mass is 275 g/mol. The third-order valence-electron chi connectivity index (χ3n) is 4.72. The van der Waals surface area contributed by atoms with Gasteiger partial charge in [-0.2, -0.15) is 0 Å². The van der Waals surface area contributed by atoms with Gasteiger partial charge in [0, 0.05) is 24.7 Å². The summed E-state index contributed by atoms with van der Waals surface area (Å²) in [7, 11) is 3.64. The zero-order chi connectivity index (χ0) is 14.3. The zero-order valence-corrected chi connectivity index (χ0v) is 12.0. The molecule has 0 unspecified atom stereocenters. The van der Waals surface area contributed by atoms with Crippen LogP contribution in [0.3, 0.4) is 0 Å². The van der Waals surface area contributed by atoms with Gasteiger partial charge >= 0.3 is 0 Å².